The third kappa shape index (κ3) is 5.04. The van der Waals surface area contributed by atoms with Crippen molar-refractivity contribution in [3.8, 4) is 10.1 Å². The van der Waals surface area contributed by atoms with Crippen molar-refractivity contribution in [1.82, 2.24) is 0 Å². The summed E-state index contributed by atoms with van der Waals surface area (Å²) in [7, 11) is 0. The van der Waals surface area contributed by atoms with E-state index in [1.165, 1.54) is 80.2 Å². The second-order valence-corrected chi connectivity index (χ2v) is 11.3. The monoisotopic (exact) mass is 490 g/mol. The van der Waals surface area contributed by atoms with Gasteiger partial charge in [-0.05, 0) is 58.7 Å². The van der Waals surface area contributed by atoms with Crippen LogP contribution in [0.4, 0.5) is 0 Å². The highest BCUT2D eigenvalue weighted by molar-refractivity contribution is 7.21. The van der Waals surface area contributed by atoms with Gasteiger partial charge in [0.2, 0.25) is 0 Å². The molecule has 0 fully saturated rings. The van der Waals surface area contributed by atoms with E-state index < -0.39 is 0 Å². The average molecular weight is 491 g/mol. The summed E-state index contributed by atoms with van der Waals surface area (Å²) in [5.74, 6) is 0. The van der Waals surface area contributed by atoms with Crippen molar-refractivity contribution in [1.29, 1.82) is 0 Å². The van der Waals surface area contributed by atoms with Gasteiger partial charge < -0.3 is 9.47 Å². The summed E-state index contributed by atoms with van der Waals surface area (Å²) >= 11 is 3.52. The largest absolute Gasteiger partial charge is 0.484 e. The van der Waals surface area contributed by atoms with E-state index in [1.807, 2.05) is 0 Å². The quantitative estimate of drug-likeness (QED) is 0.128. The summed E-state index contributed by atoms with van der Waals surface area (Å²) < 4.78 is 14.8. The van der Waals surface area contributed by atoms with Gasteiger partial charge >= 0.3 is 0 Å². The molecule has 0 aliphatic carbocycles. The SMILES string of the molecule is CCCCCCOc1cc2c(ccc3cc4c(ccc5sc(OCCCCCC)cc54)cc32)s1. The van der Waals surface area contributed by atoms with Crippen LogP contribution in [0.5, 0.6) is 10.1 Å². The zero-order valence-corrected chi connectivity index (χ0v) is 22.0. The summed E-state index contributed by atoms with van der Waals surface area (Å²) in [6.07, 6.45) is 9.86. The lowest BCUT2D eigenvalue weighted by Crippen LogP contribution is -1.95. The molecule has 0 saturated carbocycles. The van der Waals surface area contributed by atoms with Crippen molar-refractivity contribution in [2.45, 2.75) is 65.2 Å². The molecule has 0 atom stereocenters. The molecule has 0 bridgehead atoms. The van der Waals surface area contributed by atoms with Crippen molar-refractivity contribution in [2.75, 3.05) is 13.2 Å². The maximum absolute atomic E-state index is 6.09. The van der Waals surface area contributed by atoms with Crippen LogP contribution in [0.1, 0.15) is 65.2 Å². The summed E-state index contributed by atoms with van der Waals surface area (Å²) in [5.41, 5.74) is 0. The van der Waals surface area contributed by atoms with Crippen LogP contribution in [0.25, 0.3) is 41.7 Å². The molecule has 0 radical (unpaired) electrons. The van der Waals surface area contributed by atoms with Gasteiger partial charge in [-0.2, -0.15) is 0 Å². The van der Waals surface area contributed by atoms with E-state index in [9.17, 15) is 0 Å². The molecule has 178 valence electrons. The van der Waals surface area contributed by atoms with E-state index in [1.54, 1.807) is 22.7 Å². The second-order valence-electron chi connectivity index (χ2n) is 9.20. The summed E-state index contributed by atoms with van der Waals surface area (Å²) in [5, 5.41) is 9.86. The Morgan fingerprint density at radius 3 is 1.44 bits per heavy atom. The first-order chi connectivity index (χ1) is 16.8. The summed E-state index contributed by atoms with van der Waals surface area (Å²) in [6.45, 7) is 6.11. The molecule has 34 heavy (non-hydrogen) atoms. The molecule has 0 N–H and O–H groups in total. The standard InChI is InChI=1S/C30H34O2S2/c1-3-5-7-9-15-31-29-19-25-23-17-22-12-14-28-26(20-30(34-28)32-16-10-8-6-4-2)24(22)18-21(23)11-13-27(25)33-29/h11-14,17-20H,3-10,15-16H2,1-2H3. The first-order valence-corrected chi connectivity index (χ1v) is 14.5. The van der Waals surface area contributed by atoms with Crippen LogP contribution in [-0.2, 0) is 0 Å². The zero-order chi connectivity index (χ0) is 23.3. The third-order valence-electron chi connectivity index (χ3n) is 6.59. The van der Waals surface area contributed by atoms with E-state index in [0.717, 1.165) is 36.2 Å². The number of ether oxygens (including phenoxy) is 2. The fourth-order valence-electron chi connectivity index (χ4n) is 4.68. The van der Waals surface area contributed by atoms with E-state index in [2.05, 4.69) is 62.4 Å². The van der Waals surface area contributed by atoms with Crippen molar-refractivity contribution in [2.24, 2.45) is 0 Å². The number of hydrogen-bond donors (Lipinski definition) is 0. The van der Waals surface area contributed by atoms with Gasteiger partial charge in [0.25, 0.3) is 0 Å². The van der Waals surface area contributed by atoms with Gasteiger partial charge in [-0.3, -0.25) is 0 Å². The molecule has 0 unspecified atom stereocenters. The van der Waals surface area contributed by atoms with Gasteiger partial charge in [-0.15, -0.1) is 0 Å². The number of unbranched alkanes of at least 4 members (excludes halogenated alkanes) is 6. The Labute approximate surface area is 210 Å². The van der Waals surface area contributed by atoms with Crippen LogP contribution in [-0.4, -0.2) is 13.2 Å². The minimum absolute atomic E-state index is 0.812. The van der Waals surface area contributed by atoms with E-state index in [0.29, 0.717) is 0 Å². The van der Waals surface area contributed by atoms with Crippen LogP contribution in [0.15, 0.2) is 48.5 Å². The Bertz CT molecular complexity index is 1290. The molecule has 3 aromatic carbocycles. The molecule has 2 aromatic heterocycles. The Balaban J connectivity index is 1.42. The highest BCUT2D eigenvalue weighted by Gasteiger charge is 2.11. The smallest absolute Gasteiger partial charge is 0.174 e. The molecule has 0 spiro atoms. The summed E-state index contributed by atoms with van der Waals surface area (Å²) in [4.78, 5) is 0. The minimum atomic E-state index is 0.812. The molecule has 2 heterocycles. The Morgan fingerprint density at radius 1 is 0.529 bits per heavy atom. The molecule has 5 rings (SSSR count). The third-order valence-corrected chi connectivity index (χ3v) is 8.62. The number of fused-ring (bicyclic) bond motifs is 6. The topological polar surface area (TPSA) is 18.5 Å². The van der Waals surface area contributed by atoms with Crippen LogP contribution < -0.4 is 9.47 Å². The average Bonchev–Trinajstić information content (AvgIpc) is 3.46. The molecule has 0 saturated heterocycles. The van der Waals surface area contributed by atoms with Crippen molar-refractivity contribution < 1.29 is 9.47 Å². The number of thiophene rings is 2. The maximum Gasteiger partial charge on any atom is 0.174 e. The van der Waals surface area contributed by atoms with Crippen molar-refractivity contribution >= 4 is 64.4 Å². The Kier molecular flexibility index (Phi) is 7.56. The fraction of sp³-hybridized carbons (Fsp3) is 0.400. The second kappa shape index (κ2) is 11.0. The van der Waals surface area contributed by atoms with E-state index >= 15 is 0 Å². The predicted molar refractivity (Wildman–Crippen MR) is 151 cm³/mol. The van der Waals surface area contributed by atoms with Crippen LogP contribution in [0, 0.1) is 0 Å². The lowest BCUT2D eigenvalue weighted by Gasteiger charge is -2.05. The van der Waals surface area contributed by atoms with Crippen LogP contribution in [0.2, 0.25) is 0 Å². The van der Waals surface area contributed by atoms with E-state index in [4.69, 9.17) is 9.47 Å². The van der Waals surface area contributed by atoms with Gasteiger partial charge in [0, 0.05) is 32.3 Å². The van der Waals surface area contributed by atoms with Crippen LogP contribution >= 0.6 is 22.7 Å². The van der Waals surface area contributed by atoms with Crippen molar-refractivity contribution in [3.05, 3.63) is 48.5 Å². The number of hydrogen-bond acceptors (Lipinski definition) is 4. The van der Waals surface area contributed by atoms with Crippen molar-refractivity contribution in [3.63, 3.8) is 0 Å². The first-order valence-electron chi connectivity index (χ1n) is 12.8. The molecule has 0 aliphatic rings. The maximum atomic E-state index is 6.09. The molecule has 0 aliphatic heterocycles. The van der Waals surface area contributed by atoms with Gasteiger partial charge in [-0.25, -0.2) is 0 Å². The van der Waals surface area contributed by atoms with E-state index in [-0.39, 0.29) is 0 Å². The Hall–Kier alpha value is -2.30. The summed E-state index contributed by atoms with van der Waals surface area (Å²) in [6, 6.07) is 18.2. The van der Waals surface area contributed by atoms with Gasteiger partial charge in [0.1, 0.15) is 0 Å². The van der Waals surface area contributed by atoms with Crippen LogP contribution in [0.3, 0.4) is 0 Å². The number of benzene rings is 3. The fourth-order valence-corrected chi connectivity index (χ4v) is 6.59. The molecule has 5 aromatic rings. The molecule has 2 nitrogen and oxygen atoms in total. The molecule has 0 amide bonds. The lowest BCUT2D eigenvalue weighted by molar-refractivity contribution is 0.313. The first kappa shape index (κ1) is 23.4. The van der Waals surface area contributed by atoms with Gasteiger partial charge in [-0.1, -0.05) is 87.2 Å². The number of rotatable bonds is 12. The highest BCUT2D eigenvalue weighted by Crippen LogP contribution is 2.41. The highest BCUT2D eigenvalue weighted by atomic mass is 32.1. The Morgan fingerprint density at radius 2 is 1.00 bits per heavy atom. The lowest BCUT2D eigenvalue weighted by atomic mass is 9.99. The molecular formula is C30H34O2S2. The minimum Gasteiger partial charge on any atom is -0.484 e. The van der Waals surface area contributed by atoms with Gasteiger partial charge in [0.05, 0.1) is 13.2 Å². The molecular weight excluding hydrogens is 456 g/mol. The normalized spacial score (nSPS) is 11.8. The van der Waals surface area contributed by atoms with Gasteiger partial charge in [0.15, 0.2) is 10.1 Å². The zero-order valence-electron chi connectivity index (χ0n) is 20.3. The molecule has 4 heteroatoms. The predicted octanol–water partition coefficient (Wildman–Crippen LogP) is 10.3.